The SMILES string of the molecule is C=c1cc[nH]c(=C)cc(C(C)CC)cc1. The molecule has 0 radical (unpaired) electrons. The Kier molecular flexibility index (Phi) is 4.17. The maximum Gasteiger partial charge on any atom is 0.0309 e. The first-order chi connectivity index (χ1) is 7.13. The minimum Gasteiger partial charge on any atom is -0.362 e. The molecular formula is C14H19N. The highest BCUT2D eigenvalue weighted by atomic mass is 14.6. The molecule has 0 aromatic carbocycles. The molecule has 0 aliphatic heterocycles. The van der Waals surface area contributed by atoms with Gasteiger partial charge in [-0.05, 0) is 35.3 Å². The fourth-order valence-corrected chi connectivity index (χ4v) is 1.35. The van der Waals surface area contributed by atoms with Gasteiger partial charge in [-0.2, -0.15) is 0 Å². The lowest BCUT2D eigenvalue weighted by Gasteiger charge is -2.05. The number of nitrogens with one attached hydrogen (secondary N) is 1. The van der Waals surface area contributed by atoms with Crippen molar-refractivity contribution in [1.29, 1.82) is 0 Å². The van der Waals surface area contributed by atoms with Gasteiger partial charge in [-0.3, -0.25) is 0 Å². The first kappa shape index (κ1) is 11.6. The van der Waals surface area contributed by atoms with Gasteiger partial charge in [0.1, 0.15) is 0 Å². The van der Waals surface area contributed by atoms with E-state index in [4.69, 9.17) is 0 Å². The van der Waals surface area contributed by atoms with Crippen LogP contribution in [0.2, 0.25) is 0 Å². The zero-order chi connectivity index (χ0) is 11.3. The smallest absolute Gasteiger partial charge is 0.0309 e. The number of hydrogen-bond acceptors (Lipinski definition) is 0. The van der Waals surface area contributed by atoms with Gasteiger partial charge >= 0.3 is 0 Å². The predicted octanol–water partition coefficient (Wildman–Crippen LogP) is 2.47. The van der Waals surface area contributed by atoms with Crippen LogP contribution in [-0.2, 0) is 0 Å². The lowest BCUT2D eigenvalue weighted by Crippen LogP contribution is -2.01. The minimum atomic E-state index is 0.547. The fourth-order valence-electron chi connectivity index (χ4n) is 1.35. The monoisotopic (exact) mass is 201 g/mol. The molecule has 1 heterocycles. The Bertz CT molecular complexity index is 455. The summed E-state index contributed by atoms with van der Waals surface area (Å²) in [7, 11) is 0. The van der Waals surface area contributed by atoms with Crippen LogP contribution < -0.4 is 10.6 Å². The van der Waals surface area contributed by atoms with Gasteiger partial charge in [0.25, 0.3) is 0 Å². The summed E-state index contributed by atoms with van der Waals surface area (Å²) in [5.41, 5.74) is 1.29. The Balaban J connectivity index is 3.42. The fraction of sp³-hybridized carbons (Fsp3) is 0.286. The van der Waals surface area contributed by atoms with Gasteiger partial charge < -0.3 is 4.98 Å². The molecule has 1 aromatic rings. The summed E-state index contributed by atoms with van der Waals surface area (Å²) in [5.74, 6) is 0.547. The first-order valence-electron chi connectivity index (χ1n) is 5.34. The Morgan fingerprint density at radius 1 is 1.27 bits per heavy atom. The molecule has 0 aliphatic carbocycles. The molecule has 0 saturated heterocycles. The van der Waals surface area contributed by atoms with E-state index in [0.29, 0.717) is 5.92 Å². The molecule has 1 nitrogen and oxygen atoms in total. The van der Waals surface area contributed by atoms with Crippen LogP contribution in [-0.4, -0.2) is 4.98 Å². The van der Waals surface area contributed by atoms with Crippen LogP contribution in [0.15, 0.2) is 30.5 Å². The van der Waals surface area contributed by atoms with Crippen LogP contribution in [0.3, 0.4) is 0 Å². The molecule has 1 unspecified atom stereocenters. The third-order valence-corrected chi connectivity index (χ3v) is 2.58. The van der Waals surface area contributed by atoms with Crippen LogP contribution in [0, 0.1) is 0 Å². The van der Waals surface area contributed by atoms with E-state index in [1.807, 2.05) is 18.3 Å². The lowest BCUT2D eigenvalue weighted by atomic mass is 10.0. The molecule has 1 atom stereocenters. The maximum atomic E-state index is 3.95. The van der Waals surface area contributed by atoms with Crippen molar-refractivity contribution in [1.82, 2.24) is 4.98 Å². The highest BCUT2D eigenvalue weighted by Crippen LogP contribution is 2.14. The van der Waals surface area contributed by atoms with Crippen LogP contribution in [0.1, 0.15) is 31.7 Å². The lowest BCUT2D eigenvalue weighted by molar-refractivity contribution is 0.733. The van der Waals surface area contributed by atoms with Crippen LogP contribution in [0.5, 0.6) is 0 Å². The molecule has 1 heteroatoms. The normalized spacial score (nSPS) is 11.9. The van der Waals surface area contributed by atoms with Gasteiger partial charge in [-0.25, -0.2) is 0 Å². The van der Waals surface area contributed by atoms with E-state index in [2.05, 4.69) is 44.1 Å². The summed E-state index contributed by atoms with van der Waals surface area (Å²) in [6.45, 7) is 12.3. The molecule has 1 aromatic heterocycles. The molecule has 80 valence electrons. The van der Waals surface area contributed by atoms with E-state index < -0.39 is 0 Å². The standard InChI is InChI=1S/C14H19N/c1-5-12(3)14-7-6-11(2)8-9-15-13(4)10-14/h6-10,12,15H,2,4-5H2,1,3H3. The summed E-state index contributed by atoms with van der Waals surface area (Å²) in [6.07, 6.45) is 2.99. The van der Waals surface area contributed by atoms with Crippen molar-refractivity contribution < 1.29 is 0 Å². The van der Waals surface area contributed by atoms with Gasteiger partial charge in [-0.15, -0.1) is 0 Å². The number of aromatic nitrogens is 1. The van der Waals surface area contributed by atoms with Crippen molar-refractivity contribution in [3.8, 4) is 0 Å². The van der Waals surface area contributed by atoms with E-state index in [1.54, 1.807) is 0 Å². The van der Waals surface area contributed by atoms with Crippen molar-refractivity contribution in [2.45, 2.75) is 26.2 Å². The highest BCUT2D eigenvalue weighted by Gasteiger charge is 1.99. The highest BCUT2D eigenvalue weighted by molar-refractivity contribution is 5.18. The molecule has 0 aliphatic rings. The van der Waals surface area contributed by atoms with Crippen LogP contribution in [0.25, 0.3) is 13.2 Å². The molecule has 0 amide bonds. The van der Waals surface area contributed by atoms with Gasteiger partial charge in [0.05, 0.1) is 0 Å². The van der Waals surface area contributed by atoms with Crippen molar-refractivity contribution >= 4 is 13.2 Å². The maximum absolute atomic E-state index is 3.95. The minimum absolute atomic E-state index is 0.547. The molecule has 1 rings (SSSR count). The van der Waals surface area contributed by atoms with Crippen molar-refractivity contribution in [3.63, 3.8) is 0 Å². The Labute approximate surface area is 91.5 Å². The van der Waals surface area contributed by atoms with E-state index in [1.165, 1.54) is 5.56 Å². The second-order valence-corrected chi connectivity index (χ2v) is 3.86. The van der Waals surface area contributed by atoms with Crippen LogP contribution in [0.4, 0.5) is 0 Å². The molecule has 1 N–H and O–H groups in total. The topological polar surface area (TPSA) is 15.8 Å². The number of hydrogen-bond donors (Lipinski definition) is 1. The third-order valence-electron chi connectivity index (χ3n) is 2.58. The van der Waals surface area contributed by atoms with E-state index in [9.17, 15) is 0 Å². The summed E-state index contributed by atoms with van der Waals surface area (Å²) in [5, 5.41) is 1.91. The molecule has 0 bridgehead atoms. The summed E-state index contributed by atoms with van der Waals surface area (Å²) >= 11 is 0. The van der Waals surface area contributed by atoms with E-state index in [-0.39, 0.29) is 0 Å². The van der Waals surface area contributed by atoms with Crippen molar-refractivity contribution in [3.05, 3.63) is 46.6 Å². The second-order valence-electron chi connectivity index (χ2n) is 3.86. The Morgan fingerprint density at radius 2 is 2.00 bits per heavy atom. The summed E-state index contributed by atoms with van der Waals surface area (Å²) in [6, 6.07) is 8.19. The zero-order valence-corrected chi connectivity index (χ0v) is 9.59. The number of H-pyrrole nitrogens is 1. The van der Waals surface area contributed by atoms with Crippen molar-refractivity contribution in [2.24, 2.45) is 0 Å². The Morgan fingerprint density at radius 3 is 2.67 bits per heavy atom. The third kappa shape index (κ3) is 3.62. The van der Waals surface area contributed by atoms with Gasteiger partial charge in [0, 0.05) is 11.5 Å². The van der Waals surface area contributed by atoms with Gasteiger partial charge in [0.2, 0.25) is 0 Å². The largest absolute Gasteiger partial charge is 0.362 e. The average Bonchev–Trinajstić information content (AvgIpc) is 2.29. The van der Waals surface area contributed by atoms with Crippen molar-refractivity contribution in [2.75, 3.05) is 0 Å². The average molecular weight is 201 g/mol. The molecular weight excluding hydrogens is 182 g/mol. The second kappa shape index (κ2) is 5.40. The predicted molar refractivity (Wildman–Crippen MR) is 67.4 cm³/mol. The van der Waals surface area contributed by atoms with Gasteiger partial charge in [-0.1, -0.05) is 39.1 Å². The summed E-state index contributed by atoms with van der Waals surface area (Å²) < 4.78 is 0. The van der Waals surface area contributed by atoms with E-state index in [0.717, 1.165) is 17.0 Å². The quantitative estimate of drug-likeness (QED) is 0.756. The number of rotatable bonds is 2. The summed E-state index contributed by atoms with van der Waals surface area (Å²) in [4.78, 5) is 3.11. The first-order valence-corrected chi connectivity index (χ1v) is 5.34. The number of aromatic amines is 1. The van der Waals surface area contributed by atoms with Crippen LogP contribution >= 0.6 is 0 Å². The molecule has 0 saturated carbocycles. The molecule has 0 fully saturated rings. The molecule has 15 heavy (non-hydrogen) atoms. The zero-order valence-electron chi connectivity index (χ0n) is 9.59. The Hall–Kier alpha value is -1.50. The van der Waals surface area contributed by atoms with Gasteiger partial charge in [0.15, 0.2) is 0 Å². The molecule has 0 spiro atoms. The van der Waals surface area contributed by atoms with E-state index >= 15 is 0 Å².